The van der Waals surface area contributed by atoms with Crippen molar-refractivity contribution in [2.24, 2.45) is 0 Å². The van der Waals surface area contributed by atoms with Crippen molar-refractivity contribution >= 4 is 45.8 Å². The number of thioether (sulfide) groups is 1. The van der Waals surface area contributed by atoms with Crippen LogP contribution in [0.15, 0.2) is 93.0 Å². The summed E-state index contributed by atoms with van der Waals surface area (Å²) in [5.41, 5.74) is 2.08. The number of hydrogen-bond donors (Lipinski definition) is 3. The maximum Gasteiger partial charge on any atom is 0.362 e. The van der Waals surface area contributed by atoms with E-state index in [1.54, 1.807) is 30.0 Å². The number of hydrogen-bond acceptors (Lipinski definition) is 5. The zero-order valence-electron chi connectivity index (χ0n) is 16.8. The number of nitrogens with one attached hydrogen (secondary N) is 3. The van der Waals surface area contributed by atoms with Gasteiger partial charge in [-0.25, -0.2) is 9.59 Å². The third-order valence-electron chi connectivity index (χ3n) is 4.69. The standard InChI is InChI=1S/C24H21N3O3S/c1-31-18-11-7-10-17(14-18)26-24(29)27-22-21(25-15-16-8-3-2-4-9-16)19-12-5-6-13-20(19)30-23(22)28/h2-14,25H,15H2,1H3,(H2,26,27,29). The first-order valence-corrected chi connectivity index (χ1v) is 10.9. The molecule has 0 bridgehead atoms. The van der Waals surface area contributed by atoms with Gasteiger partial charge in [-0.3, -0.25) is 5.32 Å². The third kappa shape index (κ3) is 4.90. The van der Waals surface area contributed by atoms with Gasteiger partial charge in [-0.2, -0.15) is 0 Å². The quantitative estimate of drug-likeness (QED) is 0.267. The van der Waals surface area contributed by atoms with Gasteiger partial charge in [0, 0.05) is 22.5 Å². The van der Waals surface area contributed by atoms with E-state index in [1.165, 1.54) is 0 Å². The monoisotopic (exact) mass is 431 g/mol. The van der Waals surface area contributed by atoms with Gasteiger partial charge < -0.3 is 15.1 Å². The topological polar surface area (TPSA) is 83.4 Å². The maximum atomic E-state index is 12.7. The van der Waals surface area contributed by atoms with Crippen LogP contribution in [0.3, 0.4) is 0 Å². The molecule has 1 heterocycles. The Labute approximate surface area is 183 Å². The molecular weight excluding hydrogens is 410 g/mol. The summed E-state index contributed by atoms with van der Waals surface area (Å²) in [6, 6.07) is 24.0. The van der Waals surface area contributed by atoms with Crippen LogP contribution in [-0.4, -0.2) is 12.3 Å². The molecule has 0 fully saturated rings. The molecule has 0 radical (unpaired) electrons. The number of para-hydroxylation sites is 1. The van der Waals surface area contributed by atoms with Crippen LogP contribution in [0.1, 0.15) is 5.56 Å². The van der Waals surface area contributed by atoms with Crippen LogP contribution in [0.4, 0.5) is 21.9 Å². The molecule has 4 rings (SSSR count). The lowest BCUT2D eigenvalue weighted by Crippen LogP contribution is -2.24. The highest BCUT2D eigenvalue weighted by Crippen LogP contribution is 2.29. The van der Waals surface area contributed by atoms with E-state index in [0.29, 0.717) is 28.9 Å². The van der Waals surface area contributed by atoms with E-state index >= 15 is 0 Å². The fraction of sp³-hybridized carbons (Fsp3) is 0.0833. The zero-order valence-corrected chi connectivity index (χ0v) is 17.7. The molecule has 0 aliphatic carbocycles. The Morgan fingerprint density at radius 2 is 1.68 bits per heavy atom. The largest absolute Gasteiger partial charge is 0.421 e. The molecule has 0 spiro atoms. The van der Waals surface area contributed by atoms with E-state index in [0.717, 1.165) is 10.5 Å². The van der Waals surface area contributed by atoms with Crippen LogP contribution < -0.4 is 21.6 Å². The molecule has 0 aliphatic heterocycles. The number of fused-ring (bicyclic) bond motifs is 1. The van der Waals surface area contributed by atoms with Crippen molar-refractivity contribution < 1.29 is 9.21 Å². The number of urea groups is 1. The van der Waals surface area contributed by atoms with Crippen molar-refractivity contribution in [3.63, 3.8) is 0 Å². The second kappa shape index (κ2) is 9.40. The molecule has 0 atom stereocenters. The molecule has 31 heavy (non-hydrogen) atoms. The van der Waals surface area contributed by atoms with Crippen LogP contribution in [-0.2, 0) is 6.54 Å². The Morgan fingerprint density at radius 3 is 2.48 bits per heavy atom. The first-order valence-electron chi connectivity index (χ1n) is 9.70. The SMILES string of the molecule is CSc1cccc(NC(=O)Nc2c(NCc3ccccc3)c3ccccc3oc2=O)c1. The summed E-state index contributed by atoms with van der Waals surface area (Å²) in [7, 11) is 0. The van der Waals surface area contributed by atoms with Crippen molar-refractivity contribution in [2.75, 3.05) is 22.2 Å². The number of anilines is 3. The summed E-state index contributed by atoms with van der Waals surface area (Å²) in [4.78, 5) is 26.4. The number of benzene rings is 3. The van der Waals surface area contributed by atoms with Crippen molar-refractivity contribution in [3.8, 4) is 0 Å². The Balaban J connectivity index is 1.64. The highest BCUT2D eigenvalue weighted by molar-refractivity contribution is 7.98. The molecule has 156 valence electrons. The first kappa shape index (κ1) is 20.6. The molecule has 6 nitrogen and oxygen atoms in total. The summed E-state index contributed by atoms with van der Waals surface area (Å²) >= 11 is 1.58. The summed E-state index contributed by atoms with van der Waals surface area (Å²) < 4.78 is 5.43. The minimum Gasteiger partial charge on any atom is -0.421 e. The second-order valence-electron chi connectivity index (χ2n) is 6.79. The van der Waals surface area contributed by atoms with Crippen LogP contribution in [0, 0.1) is 0 Å². The lowest BCUT2D eigenvalue weighted by Gasteiger charge is -2.15. The van der Waals surface area contributed by atoms with Crippen LogP contribution in [0.2, 0.25) is 0 Å². The van der Waals surface area contributed by atoms with Crippen molar-refractivity contribution in [1.29, 1.82) is 0 Å². The van der Waals surface area contributed by atoms with E-state index in [2.05, 4.69) is 16.0 Å². The van der Waals surface area contributed by atoms with Gasteiger partial charge in [-0.1, -0.05) is 48.5 Å². The van der Waals surface area contributed by atoms with E-state index in [1.807, 2.05) is 66.9 Å². The summed E-state index contributed by atoms with van der Waals surface area (Å²) in [5, 5.41) is 9.44. The van der Waals surface area contributed by atoms with Gasteiger partial charge in [-0.15, -0.1) is 11.8 Å². The zero-order chi connectivity index (χ0) is 21.6. The first-order chi connectivity index (χ1) is 15.1. The Hall–Kier alpha value is -3.71. The average molecular weight is 432 g/mol. The van der Waals surface area contributed by atoms with Crippen molar-refractivity contribution in [1.82, 2.24) is 0 Å². The van der Waals surface area contributed by atoms with Crippen molar-refractivity contribution in [2.45, 2.75) is 11.4 Å². The molecule has 3 N–H and O–H groups in total. The number of carbonyl (C=O) groups is 1. The van der Waals surface area contributed by atoms with E-state index in [-0.39, 0.29) is 5.69 Å². The molecule has 1 aromatic heterocycles. The number of carbonyl (C=O) groups excluding carboxylic acids is 1. The van der Waals surface area contributed by atoms with Crippen LogP contribution >= 0.6 is 11.8 Å². The predicted molar refractivity (Wildman–Crippen MR) is 127 cm³/mol. The van der Waals surface area contributed by atoms with E-state index in [4.69, 9.17) is 4.42 Å². The molecule has 4 aromatic rings. The average Bonchev–Trinajstić information content (AvgIpc) is 2.79. The number of amides is 2. The third-order valence-corrected chi connectivity index (χ3v) is 5.42. The molecule has 3 aromatic carbocycles. The summed E-state index contributed by atoms with van der Waals surface area (Å²) in [5.74, 6) is 0. The van der Waals surface area contributed by atoms with Gasteiger partial charge in [0.05, 0.1) is 5.69 Å². The van der Waals surface area contributed by atoms with E-state index in [9.17, 15) is 9.59 Å². The maximum absolute atomic E-state index is 12.7. The molecular formula is C24H21N3O3S. The molecule has 0 saturated carbocycles. The fourth-order valence-corrected chi connectivity index (χ4v) is 3.67. The summed E-state index contributed by atoms with van der Waals surface area (Å²) in [6.45, 7) is 0.486. The smallest absolute Gasteiger partial charge is 0.362 e. The molecule has 7 heteroatoms. The van der Waals surface area contributed by atoms with Gasteiger partial charge in [0.2, 0.25) is 0 Å². The molecule has 0 unspecified atom stereocenters. The van der Waals surface area contributed by atoms with Gasteiger partial charge in [0.15, 0.2) is 5.69 Å². The molecule has 0 aliphatic rings. The van der Waals surface area contributed by atoms with Gasteiger partial charge in [0.25, 0.3) is 0 Å². The molecule has 0 saturated heterocycles. The highest BCUT2D eigenvalue weighted by Gasteiger charge is 2.17. The van der Waals surface area contributed by atoms with Crippen LogP contribution in [0.5, 0.6) is 0 Å². The minimum absolute atomic E-state index is 0.0631. The second-order valence-corrected chi connectivity index (χ2v) is 7.67. The highest BCUT2D eigenvalue weighted by atomic mass is 32.2. The lowest BCUT2D eigenvalue weighted by atomic mass is 10.1. The van der Waals surface area contributed by atoms with Gasteiger partial charge in [-0.05, 0) is 42.2 Å². The van der Waals surface area contributed by atoms with Gasteiger partial charge >= 0.3 is 11.7 Å². The Kier molecular flexibility index (Phi) is 6.24. The van der Waals surface area contributed by atoms with Gasteiger partial charge in [0.1, 0.15) is 5.58 Å². The van der Waals surface area contributed by atoms with Crippen molar-refractivity contribution in [3.05, 3.63) is 94.8 Å². The Bertz CT molecular complexity index is 1270. The fourth-order valence-electron chi connectivity index (χ4n) is 3.21. The van der Waals surface area contributed by atoms with Crippen LogP contribution in [0.25, 0.3) is 11.0 Å². The normalized spacial score (nSPS) is 10.6. The lowest BCUT2D eigenvalue weighted by molar-refractivity contribution is 0.262. The number of rotatable bonds is 6. The predicted octanol–water partition coefficient (Wildman–Crippen LogP) is 5.77. The Morgan fingerprint density at radius 1 is 0.903 bits per heavy atom. The minimum atomic E-state index is -0.623. The molecule has 2 amide bonds. The van der Waals surface area contributed by atoms with E-state index < -0.39 is 11.7 Å². The summed E-state index contributed by atoms with van der Waals surface area (Å²) in [6.07, 6.45) is 1.96.